The average molecular weight is 264 g/mol. The van der Waals surface area contributed by atoms with Crippen molar-refractivity contribution in [1.29, 1.82) is 0 Å². The second kappa shape index (κ2) is 5.82. The highest BCUT2D eigenvalue weighted by molar-refractivity contribution is 7.98. The summed E-state index contributed by atoms with van der Waals surface area (Å²) in [6, 6.07) is 8.04. The summed E-state index contributed by atoms with van der Waals surface area (Å²) in [5.41, 5.74) is 0.592. The zero-order chi connectivity index (χ0) is 13.0. The minimum Gasteiger partial charge on any atom is -0.310 e. The topological polar surface area (TPSA) is 45.8 Å². The van der Waals surface area contributed by atoms with Gasteiger partial charge in [-0.3, -0.25) is 4.79 Å². The molecule has 0 atom stereocenters. The van der Waals surface area contributed by atoms with E-state index >= 15 is 0 Å². The van der Waals surface area contributed by atoms with Crippen molar-refractivity contribution in [3.63, 3.8) is 0 Å². The lowest BCUT2D eigenvalue weighted by Gasteiger charge is -2.04. The molecular formula is C13H13FN2OS. The van der Waals surface area contributed by atoms with E-state index in [0.717, 1.165) is 5.69 Å². The minimum atomic E-state index is -0.253. The third-order valence-electron chi connectivity index (χ3n) is 2.41. The van der Waals surface area contributed by atoms with Crippen LogP contribution in [-0.2, 0) is 12.2 Å². The van der Waals surface area contributed by atoms with Crippen molar-refractivity contribution < 1.29 is 4.39 Å². The van der Waals surface area contributed by atoms with Crippen LogP contribution in [0.2, 0.25) is 0 Å². The summed E-state index contributed by atoms with van der Waals surface area (Å²) in [5, 5.41) is 0. The van der Waals surface area contributed by atoms with E-state index in [1.54, 1.807) is 18.2 Å². The number of benzene rings is 1. The molecule has 94 valence electrons. The zero-order valence-electron chi connectivity index (χ0n) is 9.94. The predicted molar refractivity (Wildman–Crippen MR) is 70.2 cm³/mol. The number of nitrogens with one attached hydrogen (secondary N) is 1. The summed E-state index contributed by atoms with van der Waals surface area (Å²) in [6.07, 6.45) is 0.710. The first-order chi connectivity index (χ1) is 8.69. The highest BCUT2D eigenvalue weighted by Crippen LogP contribution is 2.23. The van der Waals surface area contributed by atoms with Gasteiger partial charge in [-0.05, 0) is 18.6 Å². The van der Waals surface area contributed by atoms with E-state index in [4.69, 9.17) is 0 Å². The Morgan fingerprint density at radius 2 is 2.17 bits per heavy atom. The largest absolute Gasteiger partial charge is 0.310 e. The third-order valence-corrected chi connectivity index (χ3v) is 3.47. The van der Waals surface area contributed by atoms with Gasteiger partial charge in [0.2, 0.25) is 0 Å². The normalized spacial score (nSPS) is 10.6. The lowest BCUT2D eigenvalue weighted by atomic mass is 10.3. The zero-order valence-corrected chi connectivity index (χ0v) is 10.8. The van der Waals surface area contributed by atoms with Crippen LogP contribution in [-0.4, -0.2) is 9.97 Å². The number of thioether (sulfide) groups is 1. The molecule has 1 aromatic carbocycles. The van der Waals surface area contributed by atoms with Crippen molar-refractivity contribution in [3.05, 3.63) is 58.0 Å². The number of hydrogen-bond donors (Lipinski definition) is 1. The number of rotatable bonds is 4. The van der Waals surface area contributed by atoms with Crippen LogP contribution in [0, 0.1) is 5.82 Å². The Morgan fingerprint density at radius 3 is 2.89 bits per heavy atom. The molecule has 18 heavy (non-hydrogen) atoms. The van der Waals surface area contributed by atoms with E-state index in [9.17, 15) is 9.18 Å². The lowest BCUT2D eigenvalue weighted by molar-refractivity contribution is 0.602. The molecule has 0 unspecified atom stereocenters. The molecule has 0 fully saturated rings. The number of aromatic nitrogens is 2. The van der Waals surface area contributed by atoms with Gasteiger partial charge in [-0.2, -0.15) is 0 Å². The van der Waals surface area contributed by atoms with Crippen LogP contribution in [0.5, 0.6) is 0 Å². The summed E-state index contributed by atoms with van der Waals surface area (Å²) in [6.45, 7) is 1.94. The van der Waals surface area contributed by atoms with Crippen molar-refractivity contribution in [2.24, 2.45) is 0 Å². The minimum absolute atomic E-state index is 0.161. The molecule has 0 spiro atoms. The fourth-order valence-corrected chi connectivity index (χ4v) is 2.33. The first-order valence-corrected chi connectivity index (χ1v) is 6.64. The van der Waals surface area contributed by atoms with Crippen molar-refractivity contribution in [3.8, 4) is 0 Å². The van der Waals surface area contributed by atoms with Gasteiger partial charge in [0.15, 0.2) is 0 Å². The Kier molecular flexibility index (Phi) is 4.15. The van der Waals surface area contributed by atoms with Crippen LogP contribution in [0.3, 0.4) is 0 Å². The van der Waals surface area contributed by atoms with Gasteiger partial charge in [0.1, 0.15) is 11.6 Å². The van der Waals surface area contributed by atoms with Gasteiger partial charge >= 0.3 is 0 Å². The Morgan fingerprint density at radius 1 is 1.39 bits per heavy atom. The number of aryl methyl sites for hydroxylation is 1. The summed E-state index contributed by atoms with van der Waals surface area (Å²) in [5.74, 6) is 0.772. The quantitative estimate of drug-likeness (QED) is 0.864. The van der Waals surface area contributed by atoms with E-state index in [0.29, 0.717) is 22.9 Å². The maximum Gasteiger partial charge on any atom is 0.251 e. The second-order valence-corrected chi connectivity index (χ2v) is 4.77. The standard InChI is InChI=1S/C13H13FN2OS/c1-2-9-7-13(17)16-12(15-9)8-18-11-6-4-3-5-10(11)14/h3-7H,2,8H2,1H3,(H,15,16,17). The molecule has 0 saturated carbocycles. The van der Waals surface area contributed by atoms with Gasteiger partial charge < -0.3 is 4.98 Å². The van der Waals surface area contributed by atoms with E-state index in [1.807, 2.05) is 6.92 Å². The molecule has 0 aliphatic rings. The average Bonchev–Trinajstić information content (AvgIpc) is 2.37. The Balaban J connectivity index is 2.13. The van der Waals surface area contributed by atoms with Gasteiger partial charge in [-0.1, -0.05) is 19.1 Å². The maximum atomic E-state index is 13.4. The molecule has 0 aliphatic carbocycles. The van der Waals surface area contributed by atoms with E-state index in [-0.39, 0.29) is 11.4 Å². The molecule has 0 amide bonds. The molecule has 0 saturated heterocycles. The molecule has 1 heterocycles. The summed E-state index contributed by atoms with van der Waals surface area (Å²) >= 11 is 1.32. The summed E-state index contributed by atoms with van der Waals surface area (Å²) in [4.78, 5) is 18.9. The van der Waals surface area contributed by atoms with Crippen LogP contribution >= 0.6 is 11.8 Å². The number of nitrogens with zero attached hydrogens (tertiary/aromatic N) is 1. The SMILES string of the molecule is CCc1cc(=O)[nH]c(CSc2ccccc2F)n1. The van der Waals surface area contributed by atoms with Crippen molar-refractivity contribution >= 4 is 11.8 Å². The fourth-order valence-electron chi connectivity index (χ4n) is 1.52. The fraction of sp³-hybridized carbons (Fsp3) is 0.231. The molecule has 1 N–H and O–H groups in total. The van der Waals surface area contributed by atoms with Crippen LogP contribution < -0.4 is 5.56 Å². The van der Waals surface area contributed by atoms with Crippen LogP contribution in [0.15, 0.2) is 40.0 Å². The van der Waals surface area contributed by atoms with Crippen LogP contribution in [0.1, 0.15) is 18.4 Å². The first-order valence-electron chi connectivity index (χ1n) is 5.65. The van der Waals surface area contributed by atoms with Crippen LogP contribution in [0.25, 0.3) is 0 Å². The number of H-pyrrole nitrogens is 1. The molecule has 1 aromatic heterocycles. The molecule has 0 radical (unpaired) electrons. The second-order valence-electron chi connectivity index (χ2n) is 3.76. The first kappa shape index (κ1) is 12.8. The highest BCUT2D eigenvalue weighted by atomic mass is 32.2. The highest BCUT2D eigenvalue weighted by Gasteiger charge is 2.04. The molecule has 2 rings (SSSR count). The number of hydrogen-bond acceptors (Lipinski definition) is 3. The molecular weight excluding hydrogens is 251 g/mol. The van der Waals surface area contributed by atoms with E-state index in [2.05, 4.69) is 9.97 Å². The maximum absolute atomic E-state index is 13.4. The monoisotopic (exact) mass is 264 g/mol. The molecule has 2 aromatic rings. The summed E-state index contributed by atoms with van der Waals surface area (Å²) in [7, 11) is 0. The predicted octanol–water partition coefficient (Wildman–Crippen LogP) is 2.76. The van der Waals surface area contributed by atoms with Gasteiger partial charge in [0.05, 0.1) is 5.75 Å². The van der Waals surface area contributed by atoms with Crippen molar-refractivity contribution in [2.75, 3.05) is 0 Å². The van der Waals surface area contributed by atoms with Gasteiger partial charge in [-0.15, -0.1) is 11.8 Å². The number of aromatic amines is 1. The van der Waals surface area contributed by atoms with Gasteiger partial charge in [0, 0.05) is 16.7 Å². The van der Waals surface area contributed by atoms with E-state index in [1.165, 1.54) is 23.9 Å². The van der Waals surface area contributed by atoms with Gasteiger partial charge in [-0.25, -0.2) is 9.37 Å². The summed E-state index contributed by atoms with van der Waals surface area (Å²) < 4.78 is 13.4. The lowest BCUT2D eigenvalue weighted by Crippen LogP contribution is -2.11. The van der Waals surface area contributed by atoms with Gasteiger partial charge in [0.25, 0.3) is 5.56 Å². The Hall–Kier alpha value is -1.62. The Bertz CT molecular complexity index is 598. The molecule has 3 nitrogen and oxygen atoms in total. The van der Waals surface area contributed by atoms with Crippen molar-refractivity contribution in [1.82, 2.24) is 9.97 Å². The molecule has 0 bridgehead atoms. The number of halogens is 1. The smallest absolute Gasteiger partial charge is 0.251 e. The van der Waals surface area contributed by atoms with E-state index < -0.39 is 0 Å². The molecule has 0 aliphatic heterocycles. The molecule has 5 heteroatoms. The van der Waals surface area contributed by atoms with Crippen LogP contribution in [0.4, 0.5) is 4.39 Å². The van der Waals surface area contributed by atoms with Crippen molar-refractivity contribution in [2.45, 2.75) is 24.0 Å². The Labute approximate surface area is 108 Å². The third kappa shape index (κ3) is 3.20.